The molecule has 0 bridgehead atoms. The number of fused-ring (bicyclic) bond motifs is 1. The van der Waals surface area contributed by atoms with Crippen LogP contribution in [0.4, 0.5) is 11.4 Å². The third kappa shape index (κ3) is 4.53. The van der Waals surface area contributed by atoms with Crippen molar-refractivity contribution in [2.24, 2.45) is 0 Å². The molecule has 2 aromatic rings. The first-order chi connectivity index (χ1) is 12.9. The number of anilines is 2. The monoisotopic (exact) mass is 365 g/mol. The van der Waals surface area contributed by atoms with Crippen molar-refractivity contribution < 1.29 is 14.4 Å². The number of amides is 3. The maximum Gasteiger partial charge on any atom is 0.226 e. The molecule has 0 fully saturated rings. The van der Waals surface area contributed by atoms with Crippen LogP contribution in [0.3, 0.4) is 0 Å². The standard InChI is InChI=1S/C21H23N3O3/c1-14(25)22-17-7-9-18(10-8-17)23-21(27)13-20-19-6-4-3-5-16(19)11-12-24(20)15(2)26/h3-10,20H,11-13H2,1-2H3,(H,22,25)(H,23,27). The van der Waals surface area contributed by atoms with E-state index >= 15 is 0 Å². The van der Waals surface area contributed by atoms with Crippen LogP contribution in [0.5, 0.6) is 0 Å². The van der Waals surface area contributed by atoms with Gasteiger partial charge in [-0.3, -0.25) is 14.4 Å². The number of hydrogen-bond donors (Lipinski definition) is 2. The summed E-state index contributed by atoms with van der Waals surface area (Å²) in [4.78, 5) is 37.5. The summed E-state index contributed by atoms with van der Waals surface area (Å²) in [6.07, 6.45) is 1.00. The number of nitrogens with zero attached hydrogens (tertiary/aromatic N) is 1. The molecule has 1 unspecified atom stereocenters. The van der Waals surface area contributed by atoms with E-state index < -0.39 is 0 Å². The minimum atomic E-state index is -0.258. The zero-order valence-electron chi connectivity index (χ0n) is 15.5. The zero-order valence-corrected chi connectivity index (χ0v) is 15.5. The molecule has 1 atom stereocenters. The first-order valence-corrected chi connectivity index (χ1v) is 8.96. The summed E-state index contributed by atoms with van der Waals surface area (Å²) in [6.45, 7) is 3.60. The number of carbonyl (C=O) groups is 3. The van der Waals surface area contributed by atoms with Crippen molar-refractivity contribution in [1.82, 2.24) is 4.90 Å². The van der Waals surface area contributed by atoms with E-state index in [9.17, 15) is 14.4 Å². The van der Waals surface area contributed by atoms with Gasteiger partial charge in [-0.15, -0.1) is 0 Å². The third-order valence-electron chi connectivity index (χ3n) is 4.68. The van der Waals surface area contributed by atoms with Gasteiger partial charge in [-0.2, -0.15) is 0 Å². The van der Waals surface area contributed by atoms with Gasteiger partial charge in [-0.1, -0.05) is 24.3 Å². The quantitative estimate of drug-likeness (QED) is 0.874. The normalized spacial score (nSPS) is 15.6. The summed E-state index contributed by atoms with van der Waals surface area (Å²) in [7, 11) is 0. The fraction of sp³-hybridized carbons (Fsp3) is 0.286. The lowest BCUT2D eigenvalue weighted by Crippen LogP contribution is -2.40. The maximum absolute atomic E-state index is 12.6. The van der Waals surface area contributed by atoms with Gasteiger partial charge >= 0.3 is 0 Å². The first-order valence-electron chi connectivity index (χ1n) is 8.96. The summed E-state index contributed by atoms with van der Waals surface area (Å²) in [5, 5.41) is 5.55. The molecule has 3 amide bonds. The number of benzene rings is 2. The van der Waals surface area contributed by atoms with Crippen LogP contribution >= 0.6 is 0 Å². The minimum Gasteiger partial charge on any atom is -0.335 e. The van der Waals surface area contributed by atoms with Crippen LogP contribution < -0.4 is 10.6 Å². The van der Waals surface area contributed by atoms with Crippen LogP contribution in [0.2, 0.25) is 0 Å². The van der Waals surface area contributed by atoms with Crippen molar-refractivity contribution >= 4 is 29.1 Å². The molecule has 140 valence electrons. The summed E-state index contributed by atoms with van der Waals surface area (Å²) < 4.78 is 0. The smallest absolute Gasteiger partial charge is 0.226 e. The zero-order chi connectivity index (χ0) is 19.4. The highest BCUT2D eigenvalue weighted by Crippen LogP contribution is 2.32. The number of nitrogens with one attached hydrogen (secondary N) is 2. The van der Waals surface area contributed by atoms with Crippen molar-refractivity contribution in [2.45, 2.75) is 32.7 Å². The van der Waals surface area contributed by atoms with Gasteiger partial charge in [0.1, 0.15) is 0 Å². The van der Waals surface area contributed by atoms with Crippen LogP contribution in [0.25, 0.3) is 0 Å². The Hall–Kier alpha value is -3.15. The summed E-state index contributed by atoms with van der Waals surface area (Å²) in [6, 6.07) is 14.6. The lowest BCUT2D eigenvalue weighted by molar-refractivity contribution is -0.132. The molecule has 2 N–H and O–H groups in total. The highest BCUT2D eigenvalue weighted by atomic mass is 16.2. The van der Waals surface area contributed by atoms with Gasteiger partial charge in [0.05, 0.1) is 12.5 Å². The fourth-order valence-electron chi connectivity index (χ4n) is 3.48. The number of rotatable bonds is 4. The Morgan fingerprint density at radius 3 is 2.22 bits per heavy atom. The van der Waals surface area contributed by atoms with Crippen molar-refractivity contribution in [3.63, 3.8) is 0 Å². The molecule has 0 aliphatic carbocycles. The van der Waals surface area contributed by atoms with Crippen molar-refractivity contribution in [3.05, 3.63) is 59.7 Å². The molecular weight excluding hydrogens is 342 g/mol. The Morgan fingerprint density at radius 1 is 0.963 bits per heavy atom. The van der Waals surface area contributed by atoms with Crippen molar-refractivity contribution in [3.8, 4) is 0 Å². The fourth-order valence-corrected chi connectivity index (χ4v) is 3.48. The largest absolute Gasteiger partial charge is 0.335 e. The van der Waals surface area contributed by atoms with Gasteiger partial charge in [0, 0.05) is 31.8 Å². The maximum atomic E-state index is 12.6. The Labute approximate surface area is 158 Å². The van der Waals surface area contributed by atoms with E-state index in [4.69, 9.17) is 0 Å². The molecule has 3 rings (SSSR count). The van der Waals surface area contributed by atoms with E-state index in [-0.39, 0.29) is 30.2 Å². The van der Waals surface area contributed by atoms with Gasteiger partial charge in [-0.25, -0.2) is 0 Å². The third-order valence-corrected chi connectivity index (χ3v) is 4.68. The van der Waals surface area contributed by atoms with Crippen LogP contribution in [-0.2, 0) is 20.8 Å². The molecule has 2 aromatic carbocycles. The first kappa shape index (κ1) is 18.6. The Bertz CT molecular complexity index is 861. The molecule has 0 aromatic heterocycles. The summed E-state index contributed by atoms with van der Waals surface area (Å²) in [5.74, 6) is -0.329. The minimum absolute atomic E-state index is 0.0260. The molecular formula is C21H23N3O3. The molecule has 27 heavy (non-hydrogen) atoms. The van der Waals surface area contributed by atoms with Gasteiger partial charge in [0.15, 0.2) is 0 Å². The van der Waals surface area contributed by atoms with E-state index in [0.717, 1.165) is 12.0 Å². The van der Waals surface area contributed by atoms with E-state index in [1.807, 2.05) is 18.2 Å². The van der Waals surface area contributed by atoms with Crippen LogP contribution in [0, 0.1) is 0 Å². The van der Waals surface area contributed by atoms with E-state index in [1.54, 1.807) is 36.1 Å². The topological polar surface area (TPSA) is 78.5 Å². The van der Waals surface area contributed by atoms with Gasteiger partial charge in [-0.05, 0) is 41.8 Å². The molecule has 0 spiro atoms. The lowest BCUT2D eigenvalue weighted by atomic mass is 9.90. The lowest BCUT2D eigenvalue weighted by Gasteiger charge is -2.36. The van der Waals surface area contributed by atoms with E-state index in [1.165, 1.54) is 12.5 Å². The van der Waals surface area contributed by atoms with Gasteiger partial charge < -0.3 is 15.5 Å². The molecule has 1 heterocycles. The molecule has 6 heteroatoms. The molecule has 6 nitrogen and oxygen atoms in total. The van der Waals surface area contributed by atoms with Crippen LogP contribution in [-0.4, -0.2) is 29.2 Å². The molecule has 1 aliphatic rings. The van der Waals surface area contributed by atoms with Crippen LogP contribution in [0.15, 0.2) is 48.5 Å². The number of carbonyl (C=O) groups excluding carboxylic acids is 3. The average Bonchev–Trinajstić information content (AvgIpc) is 2.63. The van der Waals surface area contributed by atoms with Crippen molar-refractivity contribution in [2.75, 3.05) is 17.2 Å². The van der Waals surface area contributed by atoms with Crippen molar-refractivity contribution in [1.29, 1.82) is 0 Å². The Balaban J connectivity index is 1.72. The molecule has 0 radical (unpaired) electrons. The second-order valence-electron chi connectivity index (χ2n) is 6.69. The molecule has 0 saturated heterocycles. The Morgan fingerprint density at radius 2 is 1.59 bits per heavy atom. The Kier molecular flexibility index (Phi) is 5.54. The molecule has 0 saturated carbocycles. The van der Waals surface area contributed by atoms with Gasteiger partial charge in [0.25, 0.3) is 0 Å². The second-order valence-corrected chi connectivity index (χ2v) is 6.69. The predicted octanol–water partition coefficient (Wildman–Crippen LogP) is 3.12. The summed E-state index contributed by atoms with van der Waals surface area (Å²) in [5.41, 5.74) is 3.54. The second kappa shape index (κ2) is 8.03. The van der Waals surface area contributed by atoms with Gasteiger partial charge in [0.2, 0.25) is 17.7 Å². The highest BCUT2D eigenvalue weighted by Gasteiger charge is 2.30. The summed E-state index contributed by atoms with van der Waals surface area (Å²) >= 11 is 0. The van der Waals surface area contributed by atoms with E-state index in [0.29, 0.717) is 17.9 Å². The average molecular weight is 365 g/mol. The number of hydrogen-bond acceptors (Lipinski definition) is 3. The molecule has 1 aliphatic heterocycles. The SMILES string of the molecule is CC(=O)Nc1ccc(NC(=O)CC2c3ccccc3CCN2C(C)=O)cc1. The van der Waals surface area contributed by atoms with Crippen LogP contribution in [0.1, 0.15) is 37.4 Å². The predicted molar refractivity (Wildman–Crippen MR) is 104 cm³/mol. The van der Waals surface area contributed by atoms with E-state index in [2.05, 4.69) is 16.7 Å². The highest BCUT2D eigenvalue weighted by molar-refractivity contribution is 5.93.